The van der Waals surface area contributed by atoms with E-state index in [2.05, 4.69) is 17.2 Å². The molecule has 164 valence electrons. The van der Waals surface area contributed by atoms with E-state index in [1.807, 2.05) is 50.2 Å². The van der Waals surface area contributed by atoms with Crippen molar-refractivity contribution in [3.8, 4) is 0 Å². The molecule has 0 aliphatic rings. The van der Waals surface area contributed by atoms with E-state index < -0.39 is 0 Å². The predicted molar refractivity (Wildman–Crippen MR) is 127 cm³/mol. The largest absolute Gasteiger partial charge is 0.382 e. The minimum Gasteiger partial charge on any atom is -0.382 e. The van der Waals surface area contributed by atoms with Crippen LogP contribution in [-0.2, 0) is 22.5 Å². The number of benzene rings is 2. The molecule has 1 heterocycles. The molecule has 31 heavy (non-hydrogen) atoms. The fourth-order valence-electron chi connectivity index (χ4n) is 3.43. The van der Waals surface area contributed by atoms with Gasteiger partial charge in [0, 0.05) is 25.4 Å². The van der Waals surface area contributed by atoms with Gasteiger partial charge >= 0.3 is 0 Å². The lowest BCUT2D eigenvalue weighted by molar-refractivity contribution is -0.113. The second kappa shape index (κ2) is 11.1. The van der Waals surface area contributed by atoms with E-state index in [0.29, 0.717) is 42.2 Å². The molecule has 2 aromatic carbocycles. The summed E-state index contributed by atoms with van der Waals surface area (Å²) in [6.07, 6.45) is 1.55. The molecule has 0 fully saturated rings. The molecule has 0 aliphatic carbocycles. The van der Waals surface area contributed by atoms with Gasteiger partial charge in [-0.25, -0.2) is 4.98 Å². The van der Waals surface area contributed by atoms with Gasteiger partial charge in [0.15, 0.2) is 5.16 Å². The third-order valence-corrected chi connectivity index (χ3v) is 6.01. The summed E-state index contributed by atoms with van der Waals surface area (Å²) >= 11 is 1.29. The summed E-state index contributed by atoms with van der Waals surface area (Å²) in [5.41, 5.74) is 3.57. The van der Waals surface area contributed by atoms with Crippen molar-refractivity contribution in [2.24, 2.45) is 0 Å². The zero-order chi connectivity index (χ0) is 22.2. The van der Waals surface area contributed by atoms with Crippen molar-refractivity contribution in [3.05, 3.63) is 63.9 Å². The maximum atomic E-state index is 13.0. The van der Waals surface area contributed by atoms with Crippen LogP contribution in [0.15, 0.2) is 52.4 Å². The standard InChI is InChI=1S/C24H29N3O3S/c1-4-18-11-8-10-17(3)22(18)26-21(28)16-31-24-25-20-13-7-6-12-19(20)23(29)27(24)14-9-15-30-5-2/h6-8,10-13H,4-5,9,14-16H2,1-3H3,(H,26,28). The molecule has 1 aromatic heterocycles. The fraction of sp³-hybridized carbons (Fsp3) is 0.375. The van der Waals surface area contributed by atoms with Gasteiger partial charge in [0.25, 0.3) is 5.56 Å². The third-order valence-electron chi connectivity index (χ3n) is 5.04. The van der Waals surface area contributed by atoms with E-state index >= 15 is 0 Å². The van der Waals surface area contributed by atoms with Crippen molar-refractivity contribution < 1.29 is 9.53 Å². The number of thioether (sulfide) groups is 1. The Morgan fingerprint density at radius 1 is 1.16 bits per heavy atom. The highest BCUT2D eigenvalue weighted by atomic mass is 32.2. The van der Waals surface area contributed by atoms with Gasteiger partial charge in [0.05, 0.1) is 16.7 Å². The number of aromatic nitrogens is 2. The lowest BCUT2D eigenvalue weighted by atomic mass is 10.1. The van der Waals surface area contributed by atoms with Gasteiger partial charge in [-0.1, -0.05) is 49.0 Å². The highest BCUT2D eigenvalue weighted by molar-refractivity contribution is 7.99. The van der Waals surface area contributed by atoms with E-state index in [9.17, 15) is 9.59 Å². The van der Waals surface area contributed by atoms with Gasteiger partial charge in [-0.15, -0.1) is 0 Å². The molecule has 7 heteroatoms. The Labute approximate surface area is 187 Å². The molecule has 0 bridgehead atoms. The van der Waals surface area contributed by atoms with Crippen LogP contribution in [0.3, 0.4) is 0 Å². The molecule has 1 amide bonds. The van der Waals surface area contributed by atoms with Crippen molar-refractivity contribution in [2.75, 3.05) is 24.3 Å². The first kappa shape index (κ1) is 23.0. The van der Waals surface area contributed by atoms with Crippen molar-refractivity contribution in [2.45, 2.75) is 45.3 Å². The average molecular weight is 440 g/mol. The number of amides is 1. The van der Waals surface area contributed by atoms with Crippen LogP contribution in [0, 0.1) is 6.92 Å². The van der Waals surface area contributed by atoms with Crippen LogP contribution < -0.4 is 10.9 Å². The van der Waals surface area contributed by atoms with Gasteiger partial charge in [-0.3, -0.25) is 14.2 Å². The summed E-state index contributed by atoms with van der Waals surface area (Å²) in [7, 11) is 0. The maximum absolute atomic E-state index is 13.0. The second-order valence-corrected chi connectivity index (χ2v) is 8.16. The van der Waals surface area contributed by atoms with Crippen LogP contribution in [0.4, 0.5) is 5.69 Å². The Hall–Kier alpha value is -2.64. The fourth-order valence-corrected chi connectivity index (χ4v) is 4.26. The lowest BCUT2D eigenvalue weighted by Crippen LogP contribution is -2.25. The van der Waals surface area contributed by atoms with Crippen LogP contribution >= 0.6 is 11.8 Å². The normalized spacial score (nSPS) is 11.1. The number of para-hydroxylation sites is 2. The number of ether oxygens (including phenoxy) is 1. The number of hydrogen-bond acceptors (Lipinski definition) is 5. The number of hydrogen-bond donors (Lipinski definition) is 1. The number of aryl methyl sites for hydroxylation is 2. The van der Waals surface area contributed by atoms with Crippen molar-refractivity contribution in [1.29, 1.82) is 0 Å². The predicted octanol–water partition coefficient (Wildman–Crippen LogP) is 4.42. The van der Waals surface area contributed by atoms with E-state index in [1.165, 1.54) is 11.8 Å². The van der Waals surface area contributed by atoms with Gasteiger partial charge in [0.2, 0.25) is 5.91 Å². The Kier molecular flexibility index (Phi) is 8.26. The topological polar surface area (TPSA) is 73.2 Å². The smallest absolute Gasteiger partial charge is 0.262 e. The monoisotopic (exact) mass is 439 g/mol. The minimum absolute atomic E-state index is 0.0859. The first-order chi connectivity index (χ1) is 15.0. The van der Waals surface area contributed by atoms with Crippen LogP contribution in [-0.4, -0.2) is 34.4 Å². The van der Waals surface area contributed by atoms with Crippen LogP contribution in [0.1, 0.15) is 31.4 Å². The molecule has 0 saturated carbocycles. The van der Waals surface area contributed by atoms with E-state index in [4.69, 9.17) is 4.74 Å². The molecule has 6 nitrogen and oxygen atoms in total. The number of anilines is 1. The highest BCUT2D eigenvalue weighted by Gasteiger charge is 2.14. The Morgan fingerprint density at radius 2 is 1.97 bits per heavy atom. The van der Waals surface area contributed by atoms with E-state index in [1.54, 1.807) is 10.6 Å². The summed E-state index contributed by atoms with van der Waals surface area (Å²) in [6.45, 7) is 7.72. The number of rotatable bonds is 10. The number of carbonyl (C=O) groups excluding carboxylic acids is 1. The lowest BCUT2D eigenvalue weighted by Gasteiger charge is -2.15. The van der Waals surface area contributed by atoms with Gasteiger partial charge in [-0.05, 0) is 49.9 Å². The zero-order valence-electron chi connectivity index (χ0n) is 18.3. The van der Waals surface area contributed by atoms with Crippen molar-refractivity contribution in [3.63, 3.8) is 0 Å². The van der Waals surface area contributed by atoms with Crippen molar-refractivity contribution >= 4 is 34.3 Å². The third kappa shape index (κ3) is 5.74. The summed E-state index contributed by atoms with van der Waals surface area (Å²) in [4.78, 5) is 30.4. The molecule has 3 rings (SSSR count). The first-order valence-corrected chi connectivity index (χ1v) is 11.6. The average Bonchev–Trinajstić information content (AvgIpc) is 2.78. The maximum Gasteiger partial charge on any atom is 0.262 e. The summed E-state index contributed by atoms with van der Waals surface area (Å²) in [5.74, 6) is 0.0607. The molecular formula is C24H29N3O3S. The molecule has 0 atom stereocenters. The summed E-state index contributed by atoms with van der Waals surface area (Å²) in [5, 5.41) is 4.17. The summed E-state index contributed by atoms with van der Waals surface area (Å²) < 4.78 is 7.07. The Morgan fingerprint density at radius 3 is 2.74 bits per heavy atom. The van der Waals surface area contributed by atoms with Crippen LogP contribution in [0.5, 0.6) is 0 Å². The Balaban J connectivity index is 1.80. The SMILES string of the molecule is CCOCCCn1c(SCC(=O)Nc2c(C)cccc2CC)nc2ccccc2c1=O. The van der Waals surface area contributed by atoms with Crippen molar-refractivity contribution in [1.82, 2.24) is 9.55 Å². The highest BCUT2D eigenvalue weighted by Crippen LogP contribution is 2.23. The quantitative estimate of drug-likeness (QED) is 0.287. The minimum atomic E-state index is -0.114. The second-order valence-electron chi connectivity index (χ2n) is 7.22. The van der Waals surface area contributed by atoms with E-state index in [0.717, 1.165) is 23.2 Å². The molecule has 0 spiro atoms. The van der Waals surface area contributed by atoms with Gasteiger partial charge in [0.1, 0.15) is 0 Å². The number of fused-ring (bicyclic) bond motifs is 1. The number of nitrogens with one attached hydrogen (secondary N) is 1. The molecule has 0 unspecified atom stereocenters. The van der Waals surface area contributed by atoms with Crippen LogP contribution in [0.25, 0.3) is 10.9 Å². The van der Waals surface area contributed by atoms with Gasteiger partial charge < -0.3 is 10.1 Å². The van der Waals surface area contributed by atoms with Gasteiger partial charge in [-0.2, -0.15) is 0 Å². The van der Waals surface area contributed by atoms with Crippen LogP contribution in [0.2, 0.25) is 0 Å². The first-order valence-electron chi connectivity index (χ1n) is 10.6. The molecule has 0 saturated heterocycles. The number of carbonyl (C=O) groups is 1. The van der Waals surface area contributed by atoms with E-state index in [-0.39, 0.29) is 17.2 Å². The summed E-state index contributed by atoms with van der Waals surface area (Å²) in [6, 6.07) is 13.3. The molecule has 0 radical (unpaired) electrons. The molecule has 0 aliphatic heterocycles. The molecule has 1 N–H and O–H groups in total. The Bertz CT molecular complexity index is 1110. The number of nitrogens with zero attached hydrogens (tertiary/aromatic N) is 2. The molecule has 3 aromatic rings. The molecular weight excluding hydrogens is 410 g/mol. The zero-order valence-corrected chi connectivity index (χ0v) is 19.1.